The fourth-order valence-electron chi connectivity index (χ4n) is 2.24. The maximum Gasteiger partial charge on any atom is 0.180 e. The molecular weight excluding hydrogens is 248 g/mol. The van der Waals surface area contributed by atoms with E-state index in [1.165, 1.54) is 0 Å². The molecule has 5 heteroatoms. The van der Waals surface area contributed by atoms with Gasteiger partial charge in [-0.2, -0.15) is 0 Å². The first-order valence-corrected chi connectivity index (χ1v) is 8.02. The second kappa shape index (κ2) is 5.28. The summed E-state index contributed by atoms with van der Waals surface area (Å²) >= 11 is 0. The second-order valence-electron chi connectivity index (χ2n) is 4.89. The smallest absolute Gasteiger partial charge is 0.180 e. The van der Waals surface area contributed by atoms with Gasteiger partial charge in [0.2, 0.25) is 0 Å². The third-order valence-corrected chi connectivity index (χ3v) is 5.20. The van der Waals surface area contributed by atoms with Gasteiger partial charge in [-0.25, -0.2) is 8.42 Å². The number of hydrogen-bond acceptors (Lipinski definition) is 4. The molecule has 100 valence electrons. The third-order valence-electron chi connectivity index (χ3n) is 3.23. The highest BCUT2D eigenvalue weighted by Gasteiger charge is 2.27. The van der Waals surface area contributed by atoms with Crippen molar-refractivity contribution in [3.8, 4) is 0 Å². The summed E-state index contributed by atoms with van der Waals surface area (Å²) in [5.74, 6) is 0.190. The van der Waals surface area contributed by atoms with E-state index in [2.05, 4.69) is 5.32 Å². The lowest BCUT2D eigenvalue weighted by Gasteiger charge is -2.34. The molecule has 4 nitrogen and oxygen atoms in total. The lowest BCUT2D eigenvalue weighted by Crippen LogP contribution is -2.44. The Hall–Kier alpha value is -1.07. The summed E-state index contributed by atoms with van der Waals surface area (Å²) < 4.78 is 24.3. The van der Waals surface area contributed by atoms with Gasteiger partial charge < -0.3 is 11.1 Å². The van der Waals surface area contributed by atoms with Crippen LogP contribution in [0.1, 0.15) is 26.2 Å². The van der Waals surface area contributed by atoms with E-state index in [9.17, 15) is 8.42 Å². The number of hydrogen-bond donors (Lipinski definition) is 2. The van der Waals surface area contributed by atoms with Crippen molar-refractivity contribution >= 4 is 15.5 Å². The summed E-state index contributed by atoms with van der Waals surface area (Å²) in [4.78, 5) is 0.410. The molecule has 0 aliphatic heterocycles. The van der Waals surface area contributed by atoms with Crippen LogP contribution in [-0.2, 0) is 9.84 Å². The van der Waals surface area contributed by atoms with E-state index in [0.717, 1.165) is 12.8 Å². The molecule has 1 aliphatic rings. The van der Waals surface area contributed by atoms with E-state index in [-0.39, 0.29) is 11.8 Å². The first-order chi connectivity index (χ1) is 8.53. The third kappa shape index (κ3) is 2.84. The van der Waals surface area contributed by atoms with Crippen LogP contribution in [0, 0.1) is 0 Å². The van der Waals surface area contributed by atoms with Gasteiger partial charge in [-0.05, 0) is 31.4 Å². The number of benzene rings is 1. The summed E-state index contributed by atoms with van der Waals surface area (Å²) in [5.41, 5.74) is 6.45. The Labute approximate surface area is 108 Å². The molecule has 1 aromatic rings. The SMILES string of the molecule is CCCS(=O)(=O)c1ccccc1NC1CC(N)C1. The Morgan fingerprint density at radius 2 is 2.00 bits per heavy atom. The van der Waals surface area contributed by atoms with Crippen LogP contribution in [0.5, 0.6) is 0 Å². The Morgan fingerprint density at radius 3 is 2.61 bits per heavy atom. The van der Waals surface area contributed by atoms with Gasteiger partial charge in [0.15, 0.2) is 9.84 Å². The highest BCUT2D eigenvalue weighted by molar-refractivity contribution is 7.91. The lowest BCUT2D eigenvalue weighted by molar-refractivity contribution is 0.373. The van der Waals surface area contributed by atoms with Gasteiger partial charge in [-0.3, -0.25) is 0 Å². The highest BCUT2D eigenvalue weighted by atomic mass is 32.2. The van der Waals surface area contributed by atoms with Crippen molar-refractivity contribution in [1.82, 2.24) is 0 Å². The molecule has 2 rings (SSSR count). The maximum absolute atomic E-state index is 12.1. The van der Waals surface area contributed by atoms with Gasteiger partial charge >= 0.3 is 0 Å². The molecule has 1 saturated carbocycles. The monoisotopic (exact) mass is 268 g/mol. The fourth-order valence-corrected chi connectivity index (χ4v) is 3.74. The van der Waals surface area contributed by atoms with Crippen molar-refractivity contribution in [3.05, 3.63) is 24.3 Å². The average molecular weight is 268 g/mol. The zero-order chi connectivity index (χ0) is 13.2. The molecule has 0 atom stereocenters. The van der Waals surface area contributed by atoms with Crippen LogP contribution >= 0.6 is 0 Å². The molecule has 1 aliphatic carbocycles. The fraction of sp³-hybridized carbons (Fsp3) is 0.538. The van der Waals surface area contributed by atoms with Crippen LogP contribution in [0.3, 0.4) is 0 Å². The summed E-state index contributed by atoms with van der Waals surface area (Å²) in [6.07, 6.45) is 2.44. The molecule has 1 fully saturated rings. The summed E-state index contributed by atoms with van der Waals surface area (Å²) in [6.45, 7) is 1.87. The Kier molecular flexibility index (Phi) is 3.92. The van der Waals surface area contributed by atoms with Crippen LogP contribution in [-0.4, -0.2) is 26.3 Å². The highest BCUT2D eigenvalue weighted by Crippen LogP contribution is 2.28. The molecule has 0 saturated heterocycles. The topological polar surface area (TPSA) is 72.2 Å². The van der Waals surface area contributed by atoms with Crippen molar-refractivity contribution in [3.63, 3.8) is 0 Å². The van der Waals surface area contributed by atoms with Crippen molar-refractivity contribution in [2.24, 2.45) is 5.73 Å². The minimum Gasteiger partial charge on any atom is -0.381 e. The number of sulfone groups is 1. The van der Waals surface area contributed by atoms with Crippen molar-refractivity contribution in [1.29, 1.82) is 0 Å². The predicted molar refractivity (Wildman–Crippen MR) is 73.4 cm³/mol. The average Bonchev–Trinajstić information content (AvgIpc) is 2.27. The molecule has 18 heavy (non-hydrogen) atoms. The Balaban J connectivity index is 2.20. The summed E-state index contributed by atoms with van der Waals surface area (Å²) in [7, 11) is -3.18. The lowest BCUT2D eigenvalue weighted by atomic mass is 9.87. The maximum atomic E-state index is 12.1. The zero-order valence-electron chi connectivity index (χ0n) is 10.6. The van der Waals surface area contributed by atoms with Crippen LogP contribution < -0.4 is 11.1 Å². The number of para-hydroxylation sites is 1. The van der Waals surface area contributed by atoms with E-state index in [1.54, 1.807) is 12.1 Å². The molecular formula is C13H20N2O2S. The number of anilines is 1. The van der Waals surface area contributed by atoms with Gasteiger partial charge in [-0.1, -0.05) is 19.1 Å². The second-order valence-corrected chi connectivity index (χ2v) is 6.97. The molecule has 0 aromatic heterocycles. The minimum absolute atomic E-state index is 0.190. The van der Waals surface area contributed by atoms with E-state index < -0.39 is 9.84 Å². The number of nitrogens with two attached hydrogens (primary N) is 1. The largest absolute Gasteiger partial charge is 0.381 e. The van der Waals surface area contributed by atoms with Gasteiger partial charge in [0.05, 0.1) is 16.3 Å². The Bertz CT molecular complexity index is 507. The van der Waals surface area contributed by atoms with E-state index >= 15 is 0 Å². The van der Waals surface area contributed by atoms with Crippen molar-refractivity contribution < 1.29 is 8.42 Å². The standard InChI is InChI=1S/C13H20N2O2S/c1-2-7-18(16,17)13-6-4-3-5-12(13)15-11-8-10(14)9-11/h3-6,10-11,15H,2,7-9,14H2,1H3. The molecule has 0 spiro atoms. The van der Waals surface area contributed by atoms with E-state index in [4.69, 9.17) is 5.73 Å². The van der Waals surface area contributed by atoms with E-state index in [0.29, 0.717) is 23.0 Å². The molecule has 0 heterocycles. The molecule has 3 N–H and O–H groups in total. The van der Waals surface area contributed by atoms with Crippen LogP contribution in [0.4, 0.5) is 5.69 Å². The van der Waals surface area contributed by atoms with E-state index in [1.807, 2.05) is 19.1 Å². The van der Waals surface area contributed by atoms with Crippen LogP contribution in [0.15, 0.2) is 29.2 Å². The zero-order valence-corrected chi connectivity index (χ0v) is 11.4. The Morgan fingerprint density at radius 1 is 1.33 bits per heavy atom. The summed E-state index contributed by atoms with van der Waals surface area (Å²) in [6, 6.07) is 7.67. The number of rotatable bonds is 5. The van der Waals surface area contributed by atoms with Crippen LogP contribution in [0.25, 0.3) is 0 Å². The molecule has 0 radical (unpaired) electrons. The van der Waals surface area contributed by atoms with Gasteiger partial charge in [0.25, 0.3) is 0 Å². The number of nitrogens with one attached hydrogen (secondary N) is 1. The van der Waals surface area contributed by atoms with Gasteiger partial charge in [-0.15, -0.1) is 0 Å². The minimum atomic E-state index is -3.18. The quantitative estimate of drug-likeness (QED) is 0.853. The first-order valence-electron chi connectivity index (χ1n) is 6.37. The molecule has 0 unspecified atom stereocenters. The van der Waals surface area contributed by atoms with Gasteiger partial charge in [0, 0.05) is 12.1 Å². The predicted octanol–water partition coefficient (Wildman–Crippen LogP) is 1.77. The summed E-state index contributed by atoms with van der Waals surface area (Å²) in [5, 5.41) is 3.28. The molecule has 1 aromatic carbocycles. The van der Waals surface area contributed by atoms with Crippen molar-refractivity contribution in [2.45, 2.75) is 43.2 Å². The molecule has 0 amide bonds. The van der Waals surface area contributed by atoms with Gasteiger partial charge in [0.1, 0.15) is 0 Å². The van der Waals surface area contributed by atoms with Crippen molar-refractivity contribution in [2.75, 3.05) is 11.1 Å². The molecule has 0 bridgehead atoms. The van der Waals surface area contributed by atoms with Crippen LogP contribution in [0.2, 0.25) is 0 Å². The first kappa shape index (κ1) is 13.4. The normalized spacial score (nSPS) is 23.4.